The van der Waals surface area contributed by atoms with Gasteiger partial charge >= 0.3 is 5.97 Å². The van der Waals surface area contributed by atoms with Gasteiger partial charge in [-0.2, -0.15) is 0 Å². The molecule has 7 nitrogen and oxygen atoms in total. The Bertz CT molecular complexity index is 903. The van der Waals surface area contributed by atoms with Crippen LogP contribution in [0.3, 0.4) is 0 Å². The lowest BCUT2D eigenvalue weighted by Gasteiger charge is -2.17. The van der Waals surface area contributed by atoms with Gasteiger partial charge in [0.25, 0.3) is 0 Å². The van der Waals surface area contributed by atoms with Crippen molar-refractivity contribution in [2.24, 2.45) is 0 Å². The van der Waals surface area contributed by atoms with Crippen LogP contribution in [-0.2, 0) is 27.4 Å². The molecule has 0 spiro atoms. The molecule has 1 aliphatic carbocycles. The van der Waals surface area contributed by atoms with E-state index in [-0.39, 0.29) is 16.8 Å². The summed E-state index contributed by atoms with van der Waals surface area (Å²) in [6, 6.07) is 0. The van der Waals surface area contributed by atoms with E-state index in [1.165, 1.54) is 0 Å². The van der Waals surface area contributed by atoms with Gasteiger partial charge in [-0.05, 0) is 30.9 Å². The van der Waals surface area contributed by atoms with Gasteiger partial charge in [0.05, 0.1) is 12.3 Å². The molecule has 2 aromatic rings. The van der Waals surface area contributed by atoms with Gasteiger partial charge < -0.3 is 10.5 Å². The Morgan fingerprint density at radius 2 is 2.17 bits per heavy atom. The van der Waals surface area contributed by atoms with Crippen LogP contribution in [0.15, 0.2) is 10.4 Å². The van der Waals surface area contributed by atoms with Crippen LogP contribution in [0.5, 0.6) is 0 Å². The van der Waals surface area contributed by atoms with Crippen LogP contribution in [0.25, 0.3) is 11.3 Å². The van der Waals surface area contributed by atoms with Crippen LogP contribution in [0.2, 0.25) is 0 Å². The number of ether oxygens (including phenoxy) is 1. The number of esters is 1. The van der Waals surface area contributed by atoms with Crippen molar-refractivity contribution >= 4 is 33.1 Å². The smallest absolute Gasteiger partial charge is 0.348 e. The molecule has 0 aromatic carbocycles. The molecule has 0 fully saturated rings. The van der Waals surface area contributed by atoms with Gasteiger partial charge in [-0.3, -0.25) is 0 Å². The van der Waals surface area contributed by atoms with Crippen LogP contribution in [0.4, 0.5) is 5.95 Å². The second-order valence-electron chi connectivity index (χ2n) is 5.17. The van der Waals surface area contributed by atoms with E-state index in [0.29, 0.717) is 34.5 Å². The number of fused-ring (bicyclic) bond motifs is 3. The summed E-state index contributed by atoms with van der Waals surface area (Å²) in [5, 5.41) is 0. The van der Waals surface area contributed by atoms with Crippen LogP contribution >= 0.6 is 11.3 Å². The number of hydrogen-bond acceptors (Lipinski definition) is 8. The SMILES string of the molecule is CCOC(=O)c1sc(S(C)(=O)=O)c2c1CCc1cnc(N)nc1-2. The summed E-state index contributed by atoms with van der Waals surface area (Å²) in [5.41, 5.74) is 8.10. The molecule has 9 heteroatoms. The zero-order valence-electron chi connectivity index (χ0n) is 12.6. The number of nitrogens with zero attached hydrogens (tertiary/aromatic N) is 2. The maximum atomic E-state index is 12.2. The highest BCUT2D eigenvalue weighted by atomic mass is 32.2. The van der Waals surface area contributed by atoms with E-state index in [1.807, 2.05) is 0 Å². The fourth-order valence-corrected chi connectivity index (χ4v) is 5.05. The van der Waals surface area contributed by atoms with Gasteiger partial charge in [0.1, 0.15) is 9.09 Å². The van der Waals surface area contributed by atoms with E-state index >= 15 is 0 Å². The van der Waals surface area contributed by atoms with E-state index < -0.39 is 15.8 Å². The summed E-state index contributed by atoms with van der Waals surface area (Å²) in [5.74, 6) is -0.436. The molecule has 0 bridgehead atoms. The Balaban J connectivity index is 2.31. The normalized spacial score (nSPS) is 13.3. The number of nitrogen functional groups attached to an aromatic ring is 1. The molecule has 2 heterocycles. The number of carbonyl (C=O) groups is 1. The van der Waals surface area contributed by atoms with E-state index in [9.17, 15) is 13.2 Å². The minimum Gasteiger partial charge on any atom is -0.462 e. The Kier molecular flexibility index (Phi) is 3.85. The number of hydrogen-bond donors (Lipinski definition) is 1. The summed E-state index contributed by atoms with van der Waals surface area (Å²) >= 11 is 0.936. The molecular weight excluding hydrogens is 338 g/mol. The van der Waals surface area contributed by atoms with Crippen LogP contribution < -0.4 is 5.73 Å². The van der Waals surface area contributed by atoms with Crippen molar-refractivity contribution in [2.75, 3.05) is 18.6 Å². The van der Waals surface area contributed by atoms with E-state index in [0.717, 1.165) is 23.2 Å². The second-order valence-corrected chi connectivity index (χ2v) is 8.40. The largest absolute Gasteiger partial charge is 0.462 e. The summed E-state index contributed by atoms with van der Waals surface area (Å²) in [6.45, 7) is 1.93. The lowest BCUT2D eigenvalue weighted by atomic mass is 9.91. The highest BCUT2D eigenvalue weighted by Gasteiger charge is 2.33. The fourth-order valence-electron chi connectivity index (χ4n) is 2.62. The van der Waals surface area contributed by atoms with Crippen molar-refractivity contribution in [3.05, 3.63) is 22.2 Å². The van der Waals surface area contributed by atoms with Crippen molar-refractivity contribution in [1.29, 1.82) is 0 Å². The average molecular weight is 353 g/mol. The molecule has 0 radical (unpaired) electrons. The van der Waals surface area contributed by atoms with Gasteiger partial charge in [-0.1, -0.05) is 0 Å². The highest BCUT2D eigenvalue weighted by Crippen LogP contribution is 2.44. The van der Waals surface area contributed by atoms with Crippen molar-refractivity contribution < 1.29 is 17.9 Å². The Morgan fingerprint density at radius 1 is 1.43 bits per heavy atom. The van der Waals surface area contributed by atoms with Crippen molar-refractivity contribution in [2.45, 2.75) is 24.0 Å². The minimum absolute atomic E-state index is 0.0694. The molecule has 0 saturated carbocycles. The van der Waals surface area contributed by atoms with Crippen LogP contribution in [0.1, 0.15) is 27.7 Å². The summed E-state index contributed by atoms with van der Waals surface area (Å²) < 4.78 is 29.5. The van der Waals surface area contributed by atoms with Crippen molar-refractivity contribution in [3.8, 4) is 11.3 Å². The lowest BCUT2D eigenvalue weighted by Crippen LogP contribution is -2.12. The highest BCUT2D eigenvalue weighted by molar-refractivity contribution is 7.93. The topological polar surface area (TPSA) is 112 Å². The number of anilines is 1. The van der Waals surface area contributed by atoms with E-state index in [4.69, 9.17) is 10.5 Å². The standard InChI is InChI=1S/C14H15N3O4S2/c1-3-21-12(18)11-8-5-4-7-6-16-14(15)17-10(7)9(8)13(22-11)23(2,19)20/h6H,3-5H2,1-2H3,(H2,15,16,17). The van der Waals surface area contributed by atoms with E-state index in [2.05, 4.69) is 9.97 Å². The van der Waals surface area contributed by atoms with Crippen molar-refractivity contribution in [3.63, 3.8) is 0 Å². The maximum absolute atomic E-state index is 12.2. The van der Waals surface area contributed by atoms with Gasteiger partial charge in [0.2, 0.25) is 5.95 Å². The van der Waals surface area contributed by atoms with Crippen molar-refractivity contribution in [1.82, 2.24) is 9.97 Å². The zero-order chi connectivity index (χ0) is 16.8. The predicted octanol–water partition coefficient (Wildman–Crippen LogP) is 1.47. The van der Waals surface area contributed by atoms with Gasteiger partial charge in [-0.15, -0.1) is 11.3 Å². The number of aryl methyl sites for hydroxylation is 1. The van der Waals surface area contributed by atoms with Gasteiger partial charge in [0, 0.05) is 18.0 Å². The molecule has 0 amide bonds. The number of nitrogens with two attached hydrogens (primary N) is 1. The molecular formula is C14H15N3O4S2. The quantitative estimate of drug-likeness (QED) is 0.831. The second kappa shape index (κ2) is 5.57. The third-order valence-electron chi connectivity index (χ3n) is 3.54. The zero-order valence-corrected chi connectivity index (χ0v) is 14.3. The van der Waals surface area contributed by atoms with Gasteiger partial charge in [0.15, 0.2) is 9.84 Å². The Morgan fingerprint density at radius 3 is 2.83 bits per heavy atom. The first-order valence-electron chi connectivity index (χ1n) is 6.97. The minimum atomic E-state index is -3.52. The van der Waals surface area contributed by atoms with E-state index in [1.54, 1.807) is 13.1 Å². The Hall–Kier alpha value is -2.00. The van der Waals surface area contributed by atoms with Crippen LogP contribution in [-0.4, -0.2) is 37.2 Å². The first-order valence-corrected chi connectivity index (χ1v) is 9.68. The summed E-state index contributed by atoms with van der Waals surface area (Å²) in [7, 11) is -3.52. The third kappa shape index (κ3) is 2.70. The molecule has 0 unspecified atom stereocenters. The molecule has 2 N–H and O–H groups in total. The van der Waals surface area contributed by atoms with Gasteiger partial charge in [-0.25, -0.2) is 23.2 Å². The molecule has 0 saturated heterocycles. The molecule has 122 valence electrons. The monoisotopic (exact) mass is 353 g/mol. The maximum Gasteiger partial charge on any atom is 0.348 e. The molecule has 23 heavy (non-hydrogen) atoms. The number of carbonyl (C=O) groups excluding carboxylic acids is 1. The lowest BCUT2D eigenvalue weighted by molar-refractivity contribution is 0.0531. The van der Waals surface area contributed by atoms with Crippen LogP contribution in [0, 0.1) is 0 Å². The Labute approximate surface area is 137 Å². The molecule has 0 aliphatic heterocycles. The first-order chi connectivity index (χ1) is 10.8. The summed E-state index contributed by atoms with van der Waals surface area (Å²) in [4.78, 5) is 20.7. The summed E-state index contributed by atoms with van der Waals surface area (Å²) in [6.07, 6.45) is 3.88. The first kappa shape index (κ1) is 15.9. The number of rotatable bonds is 3. The number of sulfone groups is 1. The molecule has 1 aliphatic rings. The molecule has 3 rings (SSSR count). The molecule has 2 aromatic heterocycles. The number of aromatic nitrogens is 2. The molecule has 0 atom stereocenters. The number of thiophene rings is 1. The predicted molar refractivity (Wildman–Crippen MR) is 86.2 cm³/mol. The average Bonchev–Trinajstić information content (AvgIpc) is 2.87. The fraction of sp³-hybridized carbons (Fsp3) is 0.357. The third-order valence-corrected chi connectivity index (χ3v) is 6.58.